The van der Waals surface area contributed by atoms with Crippen LogP contribution < -0.4 is 0 Å². The monoisotopic (exact) mass is 488 g/mol. The second kappa shape index (κ2) is 9.77. The van der Waals surface area contributed by atoms with Gasteiger partial charge in [0.1, 0.15) is 11.3 Å². The largest absolute Gasteiger partial charge is 0.462 e. The number of hydrogen-bond donors (Lipinski definition) is 0. The van der Waals surface area contributed by atoms with Crippen LogP contribution in [0.1, 0.15) is 49.0 Å². The van der Waals surface area contributed by atoms with Gasteiger partial charge in [-0.15, -0.1) is 11.3 Å². The molecule has 2 aromatic heterocycles. The Labute approximate surface area is 203 Å². The number of rotatable bonds is 3. The van der Waals surface area contributed by atoms with Gasteiger partial charge in [-0.2, -0.15) is 0 Å². The Morgan fingerprint density at radius 2 is 1.79 bits per heavy atom. The number of ether oxygens (including phenoxy) is 1. The summed E-state index contributed by atoms with van der Waals surface area (Å²) < 4.78 is 10.9. The predicted molar refractivity (Wildman–Crippen MR) is 128 cm³/mol. The zero-order valence-electron chi connectivity index (χ0n) is 20.2. The van der Waals surface area contributed by atoms with Crippen molar-refractivity contribution in [2.75, 3.05) is 39.3 Å². The molecular formula is C24H32N4O5S. The molecule has 2 aliphatic heterocycles. The molecule has 10 heteroatoms. The predicted octanol–water partition coefficient (Wildman–Crippen LogP) is 3.64. The first kappa shape index (κ1) is 24.3. The van der Waals surface area contributed by atoms with Gasteiger partial charge in [-0.1, -0.05) is 0 Å². The number of thiazole rings is 1. The molecule has 184 valence electrons. The number of likely N-dealkylation sites (tertiary alicyclic amines) is 1. The third-order valence-electron chi connectivity index (χ3n) is 6.03. The standard InChI is InChI=1S/C24H32N4O5S/c1-16-19(25-20(34-16)18-8-6-14-32-18)22(30)28-9-5-7-17(15-28)21(29)26-10-12-27(13-11-26)23(31)33-24(2,3)4/h6,8,14,17H,5,7,9-13,15H2,1-4H3/t17-/m1/s1. The van der Waals surface area contributed by atoms with Crippen molar-refractivity contribution in [2.45, 2.75) is 46.1 Å². The molecule has 2 fully saturated rings. The van der Waals surface area contributed by atoms with Gasteiger partial charge < -0.3 is 23.9 Å². The summed E-state index contributed by atoms with van der Waals surface area (Å²) in [7, 11) is 0. The number of aromatic nitrogens is 1. The van der Waals surface area contributed by atoms with Crippen molar-refractivity contribution in [2.24, 2.45) is 5.92 Å². The summed E-state index contributed by atoms with van der Waals surface area (Å²) >= 11 is 1.43. The van der Waals surface area contributed by atoms with Gasteiger partial charge in [0.15, 0.2) is 10.8 Å². The third-order valence-corrected chi connectivity index (χ3v) is 7.02. The first-order valence-corrected chi connectivity index (χ1v) is 12.5. The van der Waals surface area contributed by atoms with Gasteiger partial charge in [0.2, 0.25) is 5.91 Å². The summed E-state index contributed by atoms with van der Waals surface area (Å²) in [6.07, 6.45) is 2.76. The molecule has 0 radical (unpaired) electrons. The number of carbonyl (C=O) groups is 3. The van der Waals surface area contributed by atoms with Crippen molar-refractivity contribution in [3.05, 3.63) is 29.0 Å². The average Bonchev–Trinajstić information content (AvgIpc) is 3.47. The molecule has 2 aromatic rings. The highest BCUT2D eigenvalue weighted by Gasteiger charge is 2.35. The molecule has 0 saturated carbocycles. The Kier molecular flexibility index (Phi) is 6.97. The maximum atomic E-state index is 13.2. The number of carbonyl (C=O) groups excluding carboxylic acids is 3. The van der Waals surface area contributed by atoms with Crippen molar-refractivity contribution in [3.63, 3.8) is 0 Å². The smallest absolute Gasteiger partial charge is 0.410 e. The van der Waals surface area contributed by atoms with E-state index in [1.165, 1.54) is 11.3 Å². The molecular weight excluding hydrogens is 456 g/mol. The number of aryl methyl sites for hydroxylation is 1. The lowest BCUT2D eigenvalue weighted by molar-refractivity contribution is -0.138. The zero-order valence-corrected chi connectivity index (χ0v) is 21.0. The second-order valence-electron chi connectivity index (χ2n) is 9.78. The van der Waals surface area contributed by atoms with Gasteiger partial charge in [-0.25, -0.2) is 9.78 Å². The van der Waals surface area contributed by atoms with Crippen molar-refractivity contribution in [1.82, 2.24) is 19.7 Å². The van der Waals surface area contributed by atoms with E-state index in [4.69, 9.17) is 9.15 Å². The number of furan rings is 1. The molecule has 2 aliphatic rings. The van der Waals surface area contributed by atoms with Gasteiger partial charge in [-0.05, 0) is 52.7 Å². The van der Waals surface area contributed by atoms with E-state index < -0.39 is 5.60 Å². The maximum Gasteiger partial charge on any atom is 0.410 e. The Bertz CT molecular complexity index is 1030. The van der Waals surface area contributed by atoms with E-state index in [1.807, 2.05) is 38.7 Å². The average molecular weight is 489 g/mol. The SMILES string of the molecule is Cc1sc(-c2ccco2)nc1C(=O)N1CCC[C@@H](C(=O)N2CCN(C(=O)OC(C)(C)C)CC2)C1. The van der Waals surface area contributed by atoms with Crippen LogP contribution in [0.4, 0.5) is 4.79 Å². The molecule has 3 amide bonds. The fourth-order valence-electron chi connectivity index (χ4n) is 4.31. The summed E-state index contributed by atoms with van der Waals surface area (Å²) in [5.74, 6) is 0.310. The van der Waals surface area contributed by atoms with Gasteiger partial charge >= 0.3 is 6.09 Å². The normalized spacial score (nSPS) is 19.3. The quantitative estimate of drug-likeness (QED) is 0.655. The van der Waals surface area contributed by atoms with E-state index in [9.17, 15) is 14.4 Å². The number of piperazine rings is 1. The highest BCUT2D eigenvalue weighted by molar-refractivity contribution is 7.15. The Morgan fingerprint density at radius 3 is 2.44 bits per heavy atom. The third kappa shape index (κ3) is 5.43. The highest BCUT2D eigenvalue weighted by Crippen LogP contribution is 2.30. The molecule has 34 heavy (non-hydrogen) atoms. The lowest BCUT2D eigenvalue weighted by atomic mass is 9.96. The molecule has 0 bridgehead atoms. The van der Waals surface area contributed by atoms with E-state index in [0.29, 0.717) is 55.7 Å². The lowest BCUT2D eigenvalue weighted by Crippen LogP contribution is -2.54. The number of hydrogen-bond acceptors (Lipinski definition) is 7. The van der Waals surface area contributed by atoms with Gasteiger partial charge in [0.05, 0.1) is 12.2 Å². The lowest BCUT2D eigenvalue weighted by Gasteiger charge is -2.39. The van der Waals surface area contributed by atoms with Crippen LogP contribution in [0.2, 0.25) is 0 Å². The van der Waals surface area contributed by atoms with E-state index in [-0.39, 0.29) is 23.8 Å². The molecule has 4 heterocycles. The van der Waals surface area contributed by atoms with Gasteiger partial charge in [-0.3, -0.25) is 9.59 Å². The molecule has 0 aliphatic carbocycles. The summed E-state index contributed by atoms with van der Waals surface area (Å²) in [4.78, 5) is 49.3. The van der Waals surface area contributed by atoms with Crippen LogP contribution in [-0.2, 0) is 9.53 Å². The second-order valence-corrected chi connectivity index (χ2v) is 11.0. The molecule has 0 N–H and O–H groups in total. The van der Waals surface area contributed by atoms with Crippen molar-refractivity contribution < 1.29 is 23.5 Å². The molecule has 0 aromatic carbocycles. The number of piperidine rings is 1. The molecule has 9 nitrogen and oxygen atoms in total. The van der Waals surface area contributed by atoms with Crippen molar-refractivity contribution in [3.8, 4) is 10.8 Å². The summed E-state index contributed by atoms with van der Waals surface area (Å²) in [5.41, 5.74) is -0.119. The van der Waals surface area contributed by atoms with Crippen LogP contribution in [0.5, 0.6) is 0 Å². The fourth-order valence-corrected chi connectivity index (χ4v) is 5.18. The first-order valence-electron chi connectivity index (χ1n) is 11.7. The minimum absolute atomic E-state index is 0.0487. The maximum absolute atomic E-state index is 13.2. The number of nitrogens with zero attached hydrogens (tertiary/aromatic N) is 4. The van der Waals surface area contributed by atoms with E-state index in [2.05, 4.69) is 4.98 Å². The van der Waals surface area contributed by atoms with Gasteiger partial charge in [0, 0.05) is 44.1 Å². The minimum Gasteiger partial charge on any atom is -0.462 e. The zero-order chi connectivity index (χ0) is 24.5. The Hall–Kier alpha value is -2.88. The van der Waals surface area contributed by atoms with Crippen LogP contribution in [0.15, 0.2) is 22.8 Å². The highest BCUT2D eigenvalue weighted by atomic mass is 32.1. The molecule has 0 spiro atoms. The summed E-state index contributed by atoms with van der Waals surface area (Å²) in [5, 5.41) is 0.679. The first-order chi connectivity index (χ1) is 16.1. The van der Waals surface area contributed by atoms with Crippen LogP contribution in [-0.4, -0.2) is 82.5 Å². The van der Waals surface area contributed by atoms with Crippen LogP contribution in [0.3, 0.4) is 0 Å². The Morgan fingerprint density at radius 1 is 1.09 bits per heavy atom. The van der Waals surface area contributed by atoms with Crippen LogP contribution in [0.25, 0.3) is 10.8 Å². The minimum atomic E-state index is -0.545. The molecule has 0 unspecified atom stereocenters. The summed E-state index contributed by atoms with van der Waals surface area (Å²) in [6, 6.07) is 3.62. The van der Waals surface area contributed by atoms with Crippen LogP contribution in [0, 0.1) is 12.8 Å². The summed E-state index contributed by atoms with van der Waals surface area (Å²) in [6.45, 7) is 10.2. The number of amides is 3. The molecule has 4 rings (SSSR count). The van der Waals surface area contributed by atoms with Crippen molar-refractivity contribution >= 4 is 29.2 Å². The van der Waals surface area contributed by atoms with E-state index >= 15 is 0 Å². The Balaban J connectivity index is 1.35. The fraction of sp³-hybridized carbons (Fsp3) is 0.583. The van der Waals surface area contributed by atoms with E-state index in [0.717, 1.165) is 17.7 Å². The van der Waals surface area contributed by atoms with Crippen molar-refractivity contribution in [1.29, 1.82) is 0 Å². The molecule has 2 saturated heterocycles. The van der Waals surface area contributed by atoms with Crippen LogP contribution >= 0.6 is 11.3 Å². The van der Waals surface area contributed by atoms with E-state index in [1.54, 1.807) is 22.1 Å². The topological polar surface area (TPSA) is 96.2 Å². The van der Waals surface area contributed by atoms with Gasteiger partial charge in [0.25, 0.3) is 5.91 Å². The molecule has 1 atom stereocenters.